The summed E-state index contributed by atoms with van der Waals surface area (Å²) in [4.78, 5) is 17.2. The Balaban J connectivity index is 1.35. The van der Waals surface area contributed by atoms with E-state index >= 15 is 0 Å². The monoisotopic (exact) mass is 452 g/mol. The molecule has 4 aromatic rings. The van der Waals surface area contributed by atoms with E-state index in [9.17, 15) is 13.6 Å². The van der Waals surface area contributed by atoms with Crippen LogP contribution in [-0.2, 0) is 11.3 Å². The molecule has 0 amide bonds. The summed E-state index contributed by atoms with van der Waals surface area (Å²) in [5, 5.41) is 16.7. The second kappa shape index (κ2) is 8.55. The predicted octanol–water partition coefficient (Wildman–Crippen LogP) is 4.51. The number of likely N-dealkylation sites (tertiary alicyclic amines) is 1. The first-order valence-corrected chi connectivity index (χ1v) is 10.2. The Kier molecular flexibility index (Phi) is 5.43. The molecule has 10 heteroatoms. The number of rotatable bonds is 7. The number of carboxylic acid groups (broad SMARTS) is 1. The van der Waals surface area contributed by atoms with Crippen molar-refractivity contribution in [3.05, 3.63) is 65.7 Å². The van der Waals surface area contributed by atoms with Crippen molar-refractivity contribution in [2.45, 2.75) is 13.0 Å². The van der Waals surface area contributed by atoms with Gasteiger partial charge in [-0.05, 0) is 5.56 Å². The van der Waals surface area contributed by atoms with E-state index < -0.39 is 18.0 Å². The average molecular weight is 452 g/mol. The fraction of sp³-hybridized carbons (Fsp3) is 0.217. The van der Waals surface area contributed by atoms with Crippen LogP contribution in [0.25, 0.3) is 34.3 Å². The minimum Gasteiger partial charge on any atom is -0.481 e. The Bertz CT molecular complexity index is 1270. The molecule has 0 unspecified atom stereocenters. The Hall–Kier alpha value is -3.92. The molecule has 0 radical (unpaired) electrons. The predicted molar refractivity (Wildman–Crippen MR) is 112 cm³/mol. The highest BCUT2D eigenvalue weighted by Gasteiger charge is 2.32. The quantitative estimate of drug-likeness (QED) is 0.437. The zero-order valence-corrected chi connectivity index (χ0v) is 17.2. The number of carbonyl (C=O) groups is 1. The van der Waals surface area contributed by atoms with E-state index in [-0.39, 0.29) is 29.1 Å². The molecule has 0 aliphatic carbocycles. The number of nitrogens with zero attached hydrogens (tertiary/aromatic N) is 4. The van der Waals surface area contributed by atoms with E-state index in [1.54, 1.807) is 42.5 Å². The first kappa shape index (κ1) is 21.0. The van der Waals surface area contributed by atoms with Crippen molar-refractivity contribution in [1.82, 2.24) is 20.2 Å². The number of benzene rings is 2. The molecule has 2 aromatic carbocycles. The van der Waals surface area contributed by atoms with Gasteiger partial charge < -0.3 is 14.2 Å². The largest absolute Gasteiger partial charge is 0.481 e. The molecule has 0 bridgehead atoms. The second-order valence-electron chi connectivity index (χ2n) is 7.79. The van der Waals surface area contributed by atoms with Gasteiger partial charge in [0, 0.05) is 30.8 Å². The molecule has 1 aliphatic rings. The third-order valence-electron chi connectivity index (χ3n) is 5.54. The lowest BCUT2D eigenvalue weighted by Crippen LogP contribution is -2.49. The van der Waals surface area contributed by atoms with E-state index in [0.29, 0.717) is 30.8 Å². The highest BCUT2D eigenvalue weighted by Crippen LogP contribution is 2.38. The molecule has 1 aliphatic heterocycles. The van der Waals surface area contributed by atoms with Gasteiger partial charge in [-0.15, -0.1) is 0 Å². The second-order valence-corrected chi connectivity index (χ2v) is 7.79. The van der Waals surface area contributed by atoms with Gasteiger partial charge in [-0.1, -0.05) is 64.9 Å². The molecule has 2 aromatic heterocycles. The lowest BCUT2D eigenvalue weighted by atomic mass is 9.99. The summed E-state index contributed by atoms with van der Waals surface area (Å²) in [6.45, 7) is 1.69. The maximum atomic E-state index is 13.8. The number of alkyl halides is 2. The third-order valence-corrected chi connectivity index (χ3v) is 5.54. The van der Waals surface area contributed by atoms with Crippen LogP contribution >= 0.6 is 0 Å². The maximum absolute atomic E-state index is 13.8. The SMILES string of the molecule is O=C(O)C1CN(Cc2ccc(-c3noc(-c4onc(-c5ccccc5)c4C(F)F)n3)cc2)C1. The Morgan fingerprint density at radius 1 is 1.03 bits per heavy atom. The van der Waals surface area contributed by atoms with Crippen molar-refractivity contribution in [3.63, 3.8) is 0 Å². The van der Waals surface area contributed by atoms with Crippen LogP contribution in [0.2, 0.25) is 0 Å². The van der Waals surface area contributed by atoms with Gasteiger partial charge in [0.15, 0.2) is 0 Å². The van der Waals surface area contributed by atoms with E-state index in [4.69, 9.17) is 14.2 Å². The van der Waals surface area contributed by atoms with Crippen molar-refractivity contribution in [3.8, 4) is 34.3 Å². The zero-order valence-electron chi connectivity index (χ0n) is 17.2. The summed E-state index contributed by atoms with van der Waals surface area (Å²) in [5.41, 5.74) is 1.77. The molecule has 1 fully saturated rings. The molecule has 33 heavy (non-hydrogen) atoms. The number of hydrogen-bond acceptors (Lipinski definition) is 7. The molecule has 168 valence electrons. The minimum absolute atomic E-state index is 0.0286. The first-order chi connectivity index (χ1) is 16.0. The van der Waals surface area contributed by atoms with E-state index in [0.717, 1.165) is 5.56 Å². The lowest BCUT2D eigenvalue weighted by Gasteiger charge is -2.36. The molecule has 0 saturated carbocycles. The molecule has 1 N–H and O–H groups in total. The van der Waals surface area contributed by atoms with E-state index in [1.807, 2.05) is 17.0 Å². The number of aromatic nitrogens is 3. The van der Waals surface area contributed by atoms with Gasteiger partial charge in [0.25, 0.3) is 12.3 Å². The number of carboxylic acids is 1. The van der Waals surface area contributed by atoms with Crippen molar-refractivity contribution in [2.75, 3.05) is 13.1 Å². The van der Waals surface area contributed by atoms with Gasteiger partial charge in [0.1, 0.15) is 5.69 Å². The van der Waals surface area contributed by atoms with Gasteiger partial charge in [0.05, 0.1) is 11.5 Å². The standard InChI is InChI=1S/C23H18F2N4O4/c24-20(25)17-18(14-4-2-1-3-5-14)27-32-19(17)22-26-21(28-33-22)15-8-6-13(7-9-15)10-29-11-16(12-29)23(30)31/h1-9,16,20H,10-12H2,(H,30,31). The van der Waals surface area contributed by atoms with Crippen LogP contribution in [-0.4, -0.2) is 44.4 Å². The van der Waals surface area contributed by atoms with Gasteiger partial charge in [-0.25, -0.2) is 8.78 Å². The van der Waals surface area contributed by atoms with Gasteiger partial charge in [-0.3, -0.25) is 9.69 Å². The van der Waals surface area contributed by atoms with Crippen LogP contribution in [0, 0.1) is 5.92 Å². The fourth-order valence-electron chi connectivity index (χ4n) is 3.76. The van der Waals surface area contributed by atoms with Crippen LogP contribution in [0.5, 0.6) is 0 Å². The summed E-state index contributed by atoms with van der Waals surface area (Å²) < 4.78 is 38.1. The summed E-state index contributed by atoms with van der Waals surface area (Å²) in [6, 6.07) is 15.9. The average Bonchev–Trinajstić information content (AvgIpc) is 3.44. The van der Waals surface area contributed by atoms with Crippen LogP contribution in [0.1, 0.15) is 17.6 Å². The van der Waals surface area contributed by atoms with Crippen LogP contribution < -0.4 is 0 Å². The summed E-state index contributed by atoms with van der Waals surface area (Å²) in [7, 11) is 0. The van der Waals surface area contributed by atoms with Crippen molar-refractivity contribution in [2.24, 2.45) is 5.92 Å². The summed E-state index contributed by atoms with van der Waals surface area (Å²) >= 11 is 0. The zero-order chi connectivity index (χ0) is 22.9. The van der Waals surface area contributed by atoms with E-state index in [2.05, 4.69) is 15.3 Å². The smallest absolute Gasteiger partial charge is 0.309 e. The maximum Gasteiger partial charge on any atom is 0.309 e. The highest BCUT2D eigenvalue weighted by atomic mass is 19.3. The van der Waals surface area contributed by atoms with Crippen molar-refractivity contribution >= 4 is 5.97 Å². The molecule has 0 atom stereocenters. The lowest BCUT2D eigenvalue weighted by molar-refractivity contribution is -0.147. The third kappa shape index (κ3) is 4.12. The molecule has 5 rings (SSSR count). The van der Waals surface area contributed by atoms with Crippen LogP contribution in [0.15, 0.2) is 63.6 Å². The van der Waals surface area contributed by atoms with Crippen molar-refractivity contribution in [1.29, 1.82) is 0 Å². The molecular formula is C23H18F2N4O4. The molecule has 8 nitrogen and oxygen atoms in total. The summed E-state index contributed by atoms with van der Waals surface area (Å²) in [5.74, 6) is -1.29. The Morgan fingerprint density at radius 2 is 1.76 bits per heavy atom. The number of aliphatic carboxylic acids is 1. The molecule has 3 heterocycles. The normalized spacial score (nSPS) is 14.5. The van der Waals surface area contributed by atoms with E-state index in [1.165, 1.54) is 0 Å². The first-order valence-electron chi connectivity index (χ1n) is 10.2. The van der Waals surface area contributed by atoms with Gasteiger partial charge in [0.2, 0.25) is 11.6 Å². The van der Waals surface area contributed by atoms with Crippen LogP contribution in [0.4, 0.5) is 8.78 Å². The Morgan fingerprint density at radius 3 is 2.42 bits per heavy atom. The minimum atomic E-state index is -2.85. The van der Waals surface area contributed by atoms with Crippen molar-refractivity contribution < 1.29 is 27.7 Å². The molecular weight excluding hydrogens is 434 g/mol. The van der Waals surface area contributed by atoms with Crippen LogP contribution in [0.3, 0.4) is 0 Å². The topological polar surface area (TPSA) is 105 Å². The number of hydrogen-bond donors (Lipinski definition) is 1. The number of halogens is 2. The van der Waals surface area contributed by atoms with Gasteiger partial charge >= 0.3 is 5.97 Å². The molecule has 1 saturated heterocycles. The highest BCUT2D eigenvalue weighted by molar-refractivity contribution is 5.72. The molecule has 0 spiro atoms. The Labute approximate surface area is 186 Å². The summed E-state index contributed by atoms with van der Waals surface area (Å²) in [6.07, 6.45) is -2.85. The fourth-order valence-corrected chi connectivity index (χ4v) is 3.76. The van der Waals surface area contributed by atoms with Gasteiger partial charge in [-0.2, -0.15) is 4.98 Å².